The number of rotatable bonds is 42. The fourth-order valence-electron chi connectivity index (χ4n) is 5.95. The van der Waals surface area contributed by atoms with Gasteiger partial charge < -0.3 is 56.8 Å². The molecule has 0 unspecified atom stereocenters. The highest BCUT2D eigenvalue weighted by Gasteiger charge is 2.37. The smallest absolute Gasteiger partial charge is 0.143 e. The van der Waals surface area contributed by atoms with Gasteiger partial charge in [0, 0.05) is 6.61 Å². The highest BCUT2D eigenvalue weighted by atomic mass is 16.6. The molecule has 0 heterocycles. The summed E-state index contributed by atoms with van der Waals surface area (Å²) in [5, 5.41) is 0. The van der Waals surface area contributed by atoms with Gasteiger partial charge in [0.25, 0.3) is 0 Å². The summed E-state index contributed by atoms with van der Waals surface area (Å²) in [6.45, 7) is 14.3. The Morgan fingerprint density at radius 1 is 0.271 bits per heavy atom. The van der Waals surface area contributed by atoms with Crippen LogP contribution in [0, 0.1) is 0 Å². The molecule has 0 aromatic heterocycles. The monoisotopic (exact) mass is 829 g/mol. The van der Waals surface area contributed by atoms with Gasteiger partial charge >= 0.3 is 0 Å². The Hall–Kier alpha value is -2.82. The van der Waals surface area contributed by atoms with E-state index in [9.17, 15) is 0 Å². The Kier molecular flexibility index (Phi) is 31.7. The van der Waals surface area contributed by atoms with Gasteiger partial charge in [0.2, 0.25) is 0 Å². The highest BCUT2D eigenvalue weighted by Crippen LogP contribution is 2.40. The first kappa shape index (κ1) is 50.5. The van der Waals surface area contributed by atoms with Crippen molar-refractivity contribution >= 4 is 0 Å². The summed E-state index contributed by atoms with van der Waals surface area (Å²) in [5.74, 6) is 0. The van der Waals surface area contributed by atoms with Crippen LogP contribution in [0.1, 0.15) is 49.3 Å². The van der Waals surface area contributed by atoms with Crippen molar-refractivity contribution in [2.75, 3.05) is 152 Å². The second-order valence-electron chi connectivity index (χ2n) is 13.4. The fourth-order valence-corrected chi connectivity index (χ4v) is 5.95. The number of benzene rings is 3. The molecule has 0 amide bonds. The van der Waals surface area contributed by atoms with Gasteiger partial charge in [0.05, 0.1) is 145 Å². The lowest BCUT2D eigenvalue weighted by molar-refractivity contribution is -0.0399. The zero-order valence-electron chi connectivity index (χ0n) is 35.7. The van der Waals surface area contributed by atoms with E-state index in [0.717, 1.165) is 29.7 Å². The van der Waals surface area contributed by atoms with Gasteiger partial charge in [-0.05, 0) is 23.1 Å². The fraction of sp³-hybridized carbons (Fsp3) is 0.617. The molecule has 0 bridgehead atoms. The van der Waals surface area contributed by atoms with Crippen molar-refractivity contribution in [1.29, 1.82) is 0 Å². The molecule has 0 saturated heterocycles. The normalized spacial score (nSPS) is 11.7. The van der Waals surface area contributed by atoms with Crippen LogP contribution in [-0.2, 0) is 62.4 Å². The maximum absolute atomic E-state index is 6.74. The molecular formula is C47H72O12. The second-order valence-corrected chi connectivity index (χ2v) is 13.4. The average molecular weight is 829 g/mol. The van der Waals surface area contributed by atoms with Gasteiger partial charge in [-0.25, -0.2) is 0 Å². The molecule has 0 radical (unpaired) electrons. The van der Waals surface area contributed by atoms with Crippen molar-refractivity contribution in [1.82, 2.24) is 0 Å². The maximum atomic E-state index is 6.74. The summed E-state index contributed by atoms with van der Waals surface area (Å²) >= 11 is 0. The van der Waals surface area contributed by atoms with E-state index >= 15 is 0 Å². The molecular weight excluding hydrogens is 757 g/mol. The molecule has 3 aromatic carbocycles. The van der Waals surface area contributed by atoms with Crippen molar-refractivity contribution in [3.63, 3.8) is 0 Å². The zero-order chi connectivity index (χ0) is 41.4. The summed E-state index contributed by atoms with van der Waals surface area (Å²) < 4.78 is 68.1. The molecule has 12 nitrogen and oxygen atoms in total. The number of ether oxygens (including phenoxy) is 12. The molecule has 0 N–H and O–H groups in total. The third-order valence-electron chi connectivity index (χ3n) is 8.95. The van der Waals surface area contributed by atoms with E-state index < -0.39 is 5.60 Å². The predicted octanol–water partition coefficient (Wildman–Crippen LogP) is 6.76. The van der Waals surface area contributed by atoms with Gasteiger partial charge in [-0.1, -0.05) is 117 Å². The van der Waals surface area contributed by atoms with Gasteiger partial charge in [-0.3, -0.25) is 0 Å². The number of hydrogen-bond donors (Lipinski definition) is 0. The first-order valence-corrected chi connectivity index (χ1v) is 21.5. The molecule has 0 spiro atoms. The Labute approximate surface area is 353 Å². The maximum Gasteiger partial charge on any atom is 0.143 e. The molecule has 0 atom stereocenters. The lowest BCUT2D eigenvalue weighted by Gasteiger charge is -2.36. The quantitative estimate of drug-likeness (QED) is 0.0445. The van der Waals surface area contributed by atoms with Crippen LogP contribution in [0.25, 0.3) is 0 Å². The molecule has 0 aliphatic carbocycles. The van der Waals surface area contributed by atoms with Crippen LogP contribution >= 0.6 is 0 Å². The van der Waals surface area contributed by atoms with E-state index in [-0.39, 0.29) is 0 Å². The standard InChI is InChI=1S/C47H72O12/c1-2-3-4-14-21-48-22-23-49-24-25-50-26-27-51-28-29-52-30-31-53-32-33-54-34-35-55-36-37-56-38-39-57-40-41-58-42-43-59-47(44-15-8-5-9-16-44,45-17-10-6-11-18-45)46-19-12-7-13-20-46/h5-13,15-20H,2-4,14,21-43H2,1H3. The largest absolute Gasteiger partial charge is 0.379 e. The molecule has 12 heteroatoms. The van der Waals surface area contributed by atoms with E-state index in [1.165, 1.54) is 19.3 Å². The summed E-state index contributed by atoms with van der Waals surface area (Å²) in [5.41, 5.74) is 2.45. The van der Waals surface area contributed by atoms with E-state index in [4.69, 9.17) is 56.8 Å². The Bertz CT molecular complexity index is 1210. The van der Waals surface area contributed by atoms with Gasteiger partial charge in [-0.2, -0.15) is 0 Å². The van der Waals surface area contributed by atoms with Gasteiger partial charge in [0.15, 0.2) is 0 Å². The minimum atomic E-state index is -0.752. The van der Waals surface area contributed by atoms with E-state index in [1.54, 1.807) is 0 Å². The van der Waals surface area contributed by atoms with Crippen LogP contribution in [0.15, 0.2) is 91.0 Å². The lowest BCUT2D eigenvalue weighted by Crippen LogP contribution is -2.34. The highest BCUT2D eigenvalue weighted by molar-refractivity contribution is 5.47. The number of hydrogen-bond acceptors (Lipinski definition) is 12. The van der Waals surface area contributed by atoms with Crippen LogP contribution in [0.2, 0.25) is 0 Å². The minimum absolute atomic E-state index is 0.416. The van der Waals surface area contributed by atoms with Gasteiger partial charge in [-0.15, -0.1) is 0 Å². The van der Waals surface area contributed by atoms with Crippen LogP contribution in [0.5, 0.6) is 0 Å². The molecule has 59 heavy (non-hydrogen) atoms. The third kappa shape index (κ3) is 24.3. The molecule has 332 valence electrons. The van der Waals surface area contributed by atoms with Crippen LogP contribution < -0.4 is 0 Å². The molecule has 0 aliphatic heterocycles. The minimum Gasteiger partial charge on any atom is -0.379 e. The van der Waals surface area contributed by atoms with Crippen molar-refractivity contribution in [3.05, 3.63) is 108 Å². The molecule has 3 rings (SSSR count). The Morgan fingerprint density at radius 2 is 0.508 bits per heavy atom. The summed E-state index contributed by atoms with van der Waals surface area (Å²) in [6.07, 6.45) is 4.89. The Balaban J connectivity index is 1.02. The van der Waals surface area contributed by atoms with Crippen LogP contribution in [0.4, 0.5) is 0 Å². The first-order valence-electron chi connectivity index (χ1n) is 21.5. The van der Waals surface area contributed by atoms with Crippen molar-refractivity contribution < 1.29 is 56.8 Å². The van der Waals surface area contributed by atoms with Crippen LogP contribution in [0.3, 0.4) is 0 Å². The third-order valence-corrected chi connectivity index (χ3v) is 8.95. The van der Waals surface area contributed by atoms with Crippen LogP contribution in [-0.4, -0.2) is 152 Å². The van der Waals surface area contributed by atoms with Crippen molar-refractivity contribution in [2.24, 2.45) is 0 Å². The second kappa shape index (κ2) is 37.0. The molecule has 0 saturated carbocycles. The SMILES string of the molecule is CCCCCCOCCOCCOCCOCCOCCOCCOCCOCCOCCOCCOCCOC(c1ccccc1)(c1ccccc1)c1ccccc1. The summed E-state index contributed by atoms with van der Waals surface area (Å²) in [7, 11) is 0. The summed E-state index contributed by atoms with van der Waals surface area (Å²) in [4.78, 5) is 0. The predicted molar refractivity (Wildman–Crippen MR) is 228 cm³/mol. The van der Waals surface area contributed by atoms with Crippen molar-refractivity contribution in [2.45, 2.75) is 38.2 Å². The Morgan fingerprint density at radius 3 is 0.763 bits per heavy atom. The van der Waals surface area contributed by atoms with E-state index in [2.05, 4.69) is 43.3 Å². The average Bonchev–Trinajstić information content (AvgIpc) is 3.28. The first-order chi connectivity index (χ1) is 29.4. The molecule has 0 fully saturated rings. The topological polar surface area (TPSA) is 111 Å². The summed E-state index contributed by atoms with van der Waals surface area (Å²) in [6, 6.07) is 31.0. The number of unbranched alkanes of at least 4 members (excludes halogenated alkanes) is 3. The van der Waals surface area contributed by atoms with Gasteiger partial charge in [0.1, 0.15) is 5.60 Å². The molecule has 0 aliphatic rings. The lowest BCUT2D eigenvalue weighted by atomic mass is 9.80. The van der Waals surface area contributed by atoms with Crippen molar-refractivity contribution in [3.8, 4) is 0 Å². The van der Waals surface area contributed by atoms with E-state index in [0.29, 0.717) is 145 Å². The van der Waals surface area contributed by atoms with E-state index in [1.807, 2.05) is 54.6 Å². The molecule has 3 aromatic rings. The zero-order valence-corrected chi connectivity index (χ0v) is 35.7.